The zero-order chi connectivity index (χ0) is 33.5. The summed E-state index contributed by atoms with van der Waals surface area (Å²) < 4.78 is 60.7. The van der Waals surface area contributed by atoms with Crippen molar-refractivity contribution in [1.82, 2.24) is 20.4 Å². The summed E-state index contributed by atoms with van der Waals surface area (Å²) in [5.41, 5.74) is 9.39. The number of carbonyl (C=O) groups excluding carboxylic acids is 2. The lowest BCUT2D eigenvalue weighted by Crippen LogP contribution is -2.53. The van der Waals surface area contributed by atoms with E-state index in [9.17, 15) is 26.8 Å². The van der Waals surface area contributed by atoms with Gasteiger partial charge in [0.15, 0.2) is 9.84 Å². The number of hydrogen-bond donors (Lipinski definition) is 3. The highest BCUT2D eigenvalue weighted by Crippen LogP contribution is 2.45. The molecule has 4 N–H and O–H groups in total. The predicted molar refractivity (Wildman–Crippen MR) is 171 cm³/mol. The molecule has 1 amide bonds. The summed E-state index contributed by atoms with van der Waals surface area (Å²) in [6, 6.07) is 7.96. The number of hydrogen-bond acceptors (Lipinski definition) is 8. The molecule has 4 rings (SSSR count). The van der Waals surface area contributed by atoms with Gasteiger partial charge in [-0.05, 0) is 73.4 Å². The van der Waals surface area contributed by atoms with Crippen molar-refractivity contribution in [1.29, 1.82) is 0 Å². The first kappa shape index (κ1) is 35.2. The van der Waals surface area contributed by atoms with Crippen LogP contribution in [0.1, 0.15) is 61.8 Å². The summed E-state index contributed by atoms with van der Waals surface area (Å²) in [5.74, 6) is -3.39. The van der Waals surface area contributed by atoms with Gasteiger partial charge in [0, 0.05) is 30.4 Å². The van der Waals surface area contributed by atoms with E-state index in [0.29, 0.717) is 18.4 Å². The maximum absolute atomic E-state index is 14.0. The first-order valence-electron chi connectivity index (χ1n) is 15.6. The first-order valence-corrected chi connectivity index (χ1v) is 17.4. The normalized spacial score (nSPS) is 16.0. The second-order valence-corrected chi connectivity index (χ2v) is 14.3. The second kappa shape index (κ2) is 15.3. The van der Waals surface area contributed by atoms with Gasteiger partial charge in [-0.15, -0.1) is 0 Å². The lowest BCUT2D eigenvalue weighted by atomic mass is 9.98. The van der Waals surface area contributed by atoms with E-state index in [-0.39, 0.29) is 29.8 Å². The number of carbonyl (C=O) groups is 2. The fourth-order valence-corrected chi connectivity index (χ4v) is 6.95. The third-order valence-corrected chi connectivity index (χ3v) is 9.90. The number of esters is 1. The minimum Gasteiger partial charge on any atom is -0.458 e. The number of aryl methyl sites for hydroxylation is 2. The Labute approximate surface area is 269 Å². The first-order chi connectivity index (χ1) is 21.8. The fourth-order valence-electron chi connectivity index (χ4n) is 5.33. The molecule has 0 aliphatic heterocycles. The lowest BCUT2D eigenvalue weighted by molar-refractivity contribution is -0.151. The molecule has 0 saturated heterocycles. The maximum atomic E-state index is 14.0. The molecule has 3 atom stereocenters. The molecule has 250 valence electrons. The van der Waals surface area contributed by atoms with Gasteiger partial charge < -0.3 is 21.1 Å². The van der Waals surface area contributed by atoms with Crippen LogP contribution >= 0.6 is 0 Å². The molecule has 0 radical (unpaired) electrons. The molecule has 0 bridgehead atoms. The van der Waals surface area contributed by atoms with Crippen molar-refractivity contribution in [3.8, 4) is 0 Å². The Balaban J connectivity index is 1.58. The molecule has 0 spiro atoms. The zero-order valence-corrected chi connectivity index (χ0v) is 27.3. The van der Waals surface area contributed by atoms with Crippen molar-refractivity contribution < 1.29 is 31.5 Å². The van der Waals surface area contributed by atoms with Crippen LogP contribution in [-0.4, -0.2) is 66.4 Å². The Morgan fingerprint density at radius 2 is 1.83 bits per heavy atom. The van der Waals surface area contributed by atoms with Crippen molar-refractivity contribution in [3.63, 3.8) is 0 Å². The number of rotatable bonds is 16. The van der Waals surface area contributed by atoms with Crippen molar-refractivity contribution in [2.75, 3.05) is 18.1 Å². The quantitative estimate of drug-likeness (QED) is 0.196. The van der Waals surface area contributed by atoms with E-state index in [1.807, 2.05) is 25.1 Å². The van der Waals surface area contributed by atoms with E-state index in [1.54, 1.807) is 6.92 Å². The van der Waals surface area contributed by atoms with Crippen LogP contribution in [0.4, 0.5) is 13.6 Å². The zero-order valence-electron chi connectivity index (χ0n) is 26.5. The summed E-state index contributed by atoms with van der Waals surface area (Å²) in [6.07, 6.45) is 5.36. The number of benzene rings is 2. The van der Waals surface area contributed by atoms with Crippen molar-refractivity contribution in [2.45, 2.75) is 83.0 Å². The number of unbranched alkanes of at least 4 members (excludes halogenated alkanes) is 1. The molecule has 46 heavy (non-hydrogen) atoms. The molecule has 1 fully saturated rings. The van der Waals surface area contributed by atoms with Crippen LogP contribution in [0.25, 0.3) is 0 Å². The molecule has 1 aliphatic carbocycles. The van der Waals surface area contributed by atoms with Gasteiger partial charge in [-0.2, -0.15) is 9.78 Å². The van der Waals surface area contributed by atoms with Crippen LogP contribution in [0.2, 0.25) is 0 Å². The molecule has 1 saturated carbocycles. The average molecular weight is 660 g/mol. The Morgan fingerprint density at radius 1 is 1.11 bits per heavy atom. The number of nitrogens with two attached hydrogens (primary N) is 1. The fraction of sp³-hybridized carbons (Fsp3) is 0.485. The van der Waals surface area contributed by atoms with Gasteiger partial charge >= 0.3 is 12.0 Å². The van der Waals surface area contributed by atoms with Crippen LogP contribution in [0.5, 0.6) is 0 Å². The van der Waals surface area contributed by atoms with E-state index in [4.69, 9.17) is 10.5 Å². The van der Waals surface area contributed by atoms with Gasteiger partial charge in [-0.3, -0.25) is 0 Å². The van der Waals surface area contributed by atoms with Crippen molar-refractivity contribution in [3.05, 3.63) is 88.7 Å². The van der Waals surface area contributed by atoms with Crippen LogP contribution in [0.15, 0.2) is 54.9 Å². The maximum Gasteiger partial charge on any atom is 0.342 e. The lowest BCUT2D eigenvalue weighted by Gasteiger charge is -2.29. The summed E-state index contributed by atoms with van der Waals surface area (Å²) >= 11 is 0. The number of sulfone groups is 1. The van der Waals surface area contributed by atoms with Crippen molar-refractivity contribution >= 4 is 21.8 Å². The number of aromatic nitrogens is 2. The Bertz CT molecular complexity index is 1610. The number of nitrogens with zero attached hydrogens (tertiary/aromatic N) is 2. The number of halogens is 2. The number of amides is 1. The van der Waals surface area contributed by atoms with E-state index in [1.165, 1.54) is 18.0 Å². The predicted octanol–water partition coefficient (Wildman–Crippen LogP) is 3.93. The van der Waals surface area contributed by atoms with E-state index >= 15 is 0 Å². The van der Waals surface area contributed by atoms with Gasteiger partial charge in [0.25, 0.3) is 0 Å². The highest BCUT2D eigenvalue weighted by Gasteiger charge is 2.45. The topological polar surface area (TPSA) is 145 Å². The summed E-state index contributed by atoms with van der Waals surface area (Å²) in [7, 11) is -3.77. The van der Waals surface area contributed by atoms with Crippen LogP contribution in [-0.2, 0) is 37.7 Å². The third-order valence-electron chi connectivity index (χ3n) is 8.15. The van der Waals surface area contributed by atoms with Crippen LogP contribution in [0, 0.1) is 18.6 Å². The van der Waals surface area contributed by atoms with E-state index in [0.717, 1.165) is 47.7 Å². The van der Waals surface area contributed by atoms with E-state index < -0.39 is 57.4 Å². The van der Waals surface area contributed by atoms with Crippen LogP contribution in [0.3, 0.4) is 0 Å². The Kier molecular flexibility index (Phi) is 11.7. The van der Waals surface area contributed by atoms with Crippen molar-refractivity contribution in [2.24, 2.45) is 5.73 Å². The Morgan fingerprint density at radius 3 is 2.43 bits per heavy atom. The second-order valence-electron chi connectivity index (χ2n) is 12.1. The van der Waals surface area contributed by atoms with Gasteiger partial charge in [0.2, 0.25) is 0 Å². The minimum absolute atomic E-state index is 0.0367. The van der Waals surface area contributed by atoms with Gasteiger partial charge in [0.1, 0.15) is 23.8 Å². The summed E-state index contributed by atoms with van der Waals surface area (Å²) in [5, 5.41) is 9.89. The van der Waals surface area contributed by atoms with E-state index in [2.05, 4.69) is 28.7 Å². The average Bonchev–Trinajstić information content (AvgIpc) is 3.68. The standard InChI is InChI=1S/C33H43F2N5O5S/c1-4-6-12-46(43,44)21-29(39-32(42)40-20-22(3)18-38-40)31(41)45-30(28(36)16-24-14-26(34)17-27(35)15-24)19-37-33(10-11-33)25-9-7-8-23(5-2)13-25/h7-9,13-15,17-18,20,28-30,37H,4-6,10-12,16,19,21,36H2,1-3H3,(H,39,42)/t28-,29+,30+/m0/s1. The number of ether oxygens (including phenoxy) is 1. The smallest absolute Gasteiger partial charge is 0.342 e. The highest BCUT2D eigenvalue weighted by molar-refractivity contribution is 7.91. The summed E-state index contributed by atoms with van der Waals surface area (Å²) in [4.78, 5) is 26.7. The molecule has 2 aromatic carbocycles. The Hall–Kier alpha value is -3.68. The molecular formula is C33H43F2N5O5S. The molecule has 0 unspecified atom stereocenters. The van der Waals surface area contributed by atoms with Gasteiger partial charge in [-0.1, -0.05) is 44.5 Å². The summed E-state index contributed by atoms with van der Waals surface area (Å²) in [6.45, 7) is 5.72. The van der Waals surface area contributed by atoms with Gasteiger partial charge in [-0.25, -0.2) is 26.8 Å². The molecule has 1 aromatic heterocycles. The number of nitrogens with one attached hydrogen (secondary N) is 2. The molecule has 1 aliphatic rings. The monoisotopic (exact) mass is 659 g/mol. The molecule has 3 aromatic rings. The van der Waals surface area contributed by atoms with Crippen LogP contribution < -0.4 is 16.4 Å². The molecular weight excluding hydrogens is 616 g/mol. The SMILES string of the molecule is CCCCS(=O)(=O)C[C@@H](NC(=O)n1cc(C)cn1)C(=O)O[C@H](CNC1(c2cccc(CC)c2)CC1)[C@@H](N)Cc1cc(F)cc(F)c1. The minimum atomic E-state index is -3.77. The highest BCUT2D eigenvalue weighted by atomic mass is 32.2. The molecule has 10 nitrogen and oxygen atoms in total. The molecule has 1 heterocycles. The third kappa shape index (κ3) is 9.66. The largest absolute Gasteiger partial charge is 0.458 e. The molecule has 13 heteroatoms. The van der Waals surface area contributed by atoms with Gasteiger partial charge in [0.05, 0.1) is 17.7 Å².